The van der Waals surface area contributed by atoms with Gasteiger partial charge in [-0.1, -0.05) is 0 Å². The first-order chi connectivity index (χ1) is 18.2. The van der Waals surface area contributed by atoms with Crippen LogP contribution in [-0.4, -0.2) is 81.4 Å². The molecule has 4 heterocycles. The van der Waals surface area contributed by atoms with Crippen molar-refractivity contribution in [3.8, 4) is 0 Å². The molecule has 0 spiro atoms. The maximum absolute atomic E-state index is 11.9. The molecule has 0 bridgehead atoms. The molecule has 2 aliphatic rings. The second kappa shape index (κ2) is 15.0. The number of aromatic nitrogens is 2. The molecule has 0 aromatic carbocycles. The van der Waals surface area contributed by atoms with Crippen LogP contribution in [0.3, 0.4) is 0 Å². The lowest BCUT2D eigenvalue weighted by Crippen LogP contribution is -2.36. The van der Waals surface area contributed by atoms with Crippen LogP contribution >= 0.6 is 15.9 Å². The molecule has 0 unspecified atom stereocenters. The molecule has 0 radical (unpaired) electrons. The van der Waals surface area contributed by atoms with Crippen LogP contribution < -0.4 is 11.1 Å². The predicted molar refractivity (Wildman–Crippen MR) is 156 cm³/mol. The Kier molecular flexibility index (Phi) is 12.4. The maximum atomic E-state index is 11.9. The quantitative estimate of drug-likeness (QED) is 0.472. The van der Waals surface area contributed by atoms with Crippen molar-refractivity contribution < 1.29 is 19.1 Å². The van der Waals surface area contributed by atoms with Crippen LogP contribution in [0.25, 0.3) is 0 Å². The van der Waals surface area contributed by atoms with Gasteiger partial charge in [-0.05, 0) is 94.6 Å². The number of anilines is 1. The molecular weight excluding hydrogens is 564 g/mol. The number of carbonyl (C=O) groups excluding carboxylic acids is 2. The third-order valence-corrected chi connectivity index (χ3v) is 5.84. The van der Waals surface area contributed by atoms with Gasteiger partial charge in [-0.3, -0.25) is 9.97 Å². The van der Waals surface area contributed by atoms with E-state index >= 15 is 0 Å². The van der Waals surface area contributed by atoms with Gasteiger partial charge in [0.15, 0.2) is 0 Å². The lowest BCUT2D eigenvalue weighted by atomic mass is 10.2. The fourth-order valence-corrected chi connectivity index (χ4v) is 3.95. The molecule has 10 nitrogen and oxygen atoms in total. The zero-order valence-electron chi connectivity index (χ0n) is 23.9. The highest BCUT2D eigenvalue weighted by atomic mass is 79.9. The summed E-state index contributed by atoms with van der Waals surface area (Å²) < 4.78 is 11.6. The summed E-state index contributed by atoms with van der Waals surface area (Å²) in [5.41, 5.74) is 5.81. The normalized spacial score (nSPS) is 18.8. The first kappa shape index (κ1) is 32.3. The van der Waals surface area contributed by atoms with Gasteiger partial charge < -0.3 is 30.3 Å². The van der Waals surface area contributed by atoms with Gasteiger partial charge in [0, 0.05) is 67.5 Å². The highest BCUT2D eigenvalue weighted by Gasteiger charge is 2.30. The lowest BCUT2D eigenvalue weighted by Gasteiger charge is -2.24. The third-order valence-electron chi connectivity index (χ3n) is 5.37. The van der Waals surface area contributed by atoms with E-state index in [-0.39, 0.29) is 24.3 Å². The number of likely N-dealkylation sites (tertiary alicyclic amines) is 2. The van der Waals surface area contributed by atoms with Gasteiger partial charge in [0.25, 0.3) is 0 Å². The number of nitrogens with one attached hydrogen (secondary N) is 1. The number of halogens is 1. The number of ether oxygens (including phenoxy) is 2. The number of nitrogens with zero attached hydrogens (tertiary/aromatic N) is 4. The summed E-state index contributed by atoms with van der Waals surface area (Å²) in [5.74, 6) is 0. The topological polar surface area (TPSA) is 123 Å². The Balaban J connectivity index is 0.000000229. The summed E-state index contributed by atoms with van der Waals surface area (Å²) in [6.45, 7) is 14.0. The van der Waals surface area contributed by atoms with Crippen molar-refractivity contribution >= 4 is 33.8 Å². The Bertz CT molecular complexity index is 1010. The van der Waals surface area contributed by atoms with E-state index in [1.165, 1.54) is 0 Å². The summed E-state index contributed by atoms with van der Waals surface area (Å²) in [4.78, 5) is 34.7. The fourth-order valence-electron chi connectivity index (χ4n) is 3.68. The van der Waals surface area contributed by atoms with E-state index in [0.29, 0.717) is 13.1 Å². The van der Waals surface area contributed by atoms with E-state index in [0.717, 1.165) is 36.1 Å². The Morgan fingerprint density at radius 3 is 1.85 bits per heavy atom. The molecule has 2 aromatic heterocycles. The molecule has 0 saturated carbocycles. The van der Waals surface area contributed by atoms with Gasteiger partial charge in [0.2, 0.25) is 0 Å². The van der Waals surface area contributed by atoms with Crippen LogP contribution in [0.2, 0.25) is 0 Å². The molecule has 11 heteroatoms. The van der Waals surface area contributed by atoms with Gasteiger partial charge in [0.1, 0.15) is 11.2 Å². The monoisotopic (exact) mass is 606 g/mol. The number of carbonyl (C=O) groups is 2. The Morgan fingerprint density at radius 2 is 1.44 bits per heavy atom. The van der Waals surface area contributed by atoms with Crippen molar-refractivity contribution in [2.24, 2.45) is 5.73 Å². The van der Waals surface area contributed by atoms with Gasteiger partial charge in [-0.2, -0.15) is 0 Å². The van der Waals surface area contributed by atoms with Crippen LogP contribution in [0.5, 0.6) is 0 Å². The number of hydrogen-bond donors (Lipinski definition) is 2. The molecule has 2 saturated heterocycles. The molecule has 39 heavy (non-hydrogen) atoms. The molecule has 3 N–H and O–H groups in total. The van der Waals surface area contributed by atoms with E-state index in [4.69, 9.17) is 15.2 Å². The van der Waals surface area contributed by atoms with Crippen LogP contribution in [0.4, 0.5) is 15.3 Å². The van der Waals surface area contributed by atoms with Crippen molar-refractivity contribution in [3.63, 3.8) is 0 Å². The predicted octanol–water partition coefficient (Wildman–Crippen LogP) is 5.30. The van der Waals surface area contributed by atoms with Crippen molar-refractivity contribution in [2.75, 3.05) is 31.5 Å². The third kappa shape index (κ3) is 13.6. The summed E-state index contributed by atoms with van der Waals surface area (Å²) in [6, 6.07) is 8.06. The minimum Gasteiger partial charge on any atom is -0.444 e. The van der Waals surface area contributed by atoms with Crippen molar-refractivity contribution in [3.05, 3.63) is 53.5 Å². The molecule has 4 rings (SSSR count). The Labute approximate surface area is 240 Å². The number of amides is 2. The number of pyridine rings is 2. The zero-order chi connectivity index (χ0) is 29.1. The number of rotatable bonds is 2. The van der Waals surface area contributed by atoms with Gasteiger partial charge >= 0.3 is 12.2 Å². The largest absolute Gasteiger partial charge is 0.444 e. The number of hydrogen-bond acceptors (Lipinski definition) is 8. The Morgan fingerprint density at radius 1 is 0.897 bits per heavy atom. The average molecular weight is 608 g/mol. The summed E-state index contributed by atoms with van der Waals surface area (Å²) in [6.07, 6.45) is 8.34. The molecule has 0 aliphatic carbocycles. The minimum atomic E-state index is -0.439. The second-order valence-electron chi connectivity index (χ2n) is 11.4. The van der Waals surface area contributed by atoms with Gasteiger partial charge in [-0.25, -0.2) is 9.59 Å². The fraction of sp³-hybridized carbons (Fsp3) is 0.571. The summed E-state index contributed by atoms with van der Waals surface area (Å²) >= 11 is 3.25. The molecule has 216 valence electrons. The van der Waals surface area contributed by atoms with Crippen LogP contribution in [0.1, 0.15) is 54.4 Å². The highest BCUT2D eigenvalue weighted by Crippen LogP contribution is 2.18. The van der Waals surface area contributed by atoms with E-state index < -0.39 is 11.2 Å². The van der Waals surface area contributed by atoms with E-state index in [9.17, 15) is 9.59 Å². The summed E-state index contributed by atoms with van der Waals surface area (Å²) in [5, 5.41) is 3.38. The molecule has 2 fully saturated rings. The highest BCUT2D eigenvalue weighted by molar-refractivity contribution is 9.10. The first-order valence-electron chi connectivity index (χ1n) is 13.2. The van der Waals surface area contributed by atoms with Crippen LogP contribution in [-0.2, 0) is 9.47 Å². The van der Waals surface area contributed by atoms with Gasteiger partial charge in [0.05, 0.1) is 5.69 Å². The molecule has 2 atom stereocenters. The van der Waals surface area contributed by atoms with Crippen molar-refractivity contribution in [1.29, 1.82) is 0 Å². The molecular formula is C28H43BrN6O4. The smallest absolute Gasteiger partial charge is 0.410 e. The first-order valence-corrected chi connectivity index (χ1v) is 13.9. The van der Waals surface area contributed by atoms with Gasteiger partial charge in [-0.15, -0.1) is 0 Å². The summed E-state index contributed by atoms with van der Waals surface area (Å²) in [7, 11) is 0. The molecule has 2 aromatic rings. The average Bonchev–Trinajstić information content (AvgIpc) is 3.48. The minimum absolute atomic E-state index is 0.118. The van der Waals surface area contributed by atoms with Crippen LogP contribution in [0.15, 0.2) is 53.5 Å². The lowest BCUT2D eigenvalue weighted by molar-refractivity contribution is 0.0282. The SMILES string of the molecule is Brc1cccnc1.CC(C)(C)OC(=O)N1CC[C@H](N)C1.CC(C)(C)OC(=O)N1CC[C@H](Nc2cccnc2)C1. The Hall–Kier alpha value is -2.92. The van der Waals surface area contributed by atoms with Crippen molar-refractivity contribution in [2.45, 2.75) is 77.7 Å². The van der Waals surface area contributed by atoms with Crippen LogP contribution in [0, 0.1) is 0 Å². The van der Waals surface area contributed by atoms with E-state index in [1.54, 1.807) is 34.6 Å². The van der Waals surface area contributed by atoms with E-state index in [2.05, 4.69) is 31.2 Å². The van der Waals surface area contributed by atoms with E-state index in [1.807, 2.05) is 65.8 Å². The second-order valence-corrected chi connectivity index (χ2v) is 12.4. The maximum Gasteiger partial charge on any atom is 0.410 e. The zero-order valence-corrected chi connectivity index (χ0v) is 25.5. The number of nitrogens with two attached hydrogens (primary N) is 1. The van der Waals surface area contributed by atoms with Crippen molar-refractivity contribution in [1.82, 2.24) is 19.8 Å². The molecule has 2 amide bonds. The standard InChI is InChI=1S/C14H21N3O2.C9H18N2O2.C5H4BrN/c1-14(2,3)19-13(18)17-8-6-12(10-17)16-11-5-4-7-15-9-11;1-9(2,3)13-8(12)11-5-4-7(10)6-11;6-5-2-1-3-7-4-5/h4-5,7,9,12,16H,6,8,10H2,1-3H3;7H,4-6,10H2,1-3H3;1-4H/t12-;7-;/m00./s1. The molecule has 2 aliphatic heterocycles.